The van der Waals surface area contributed by atoms with Crippen molar-refractivity contribution in [3.8, 4) is 0 Å². The molecule has 3 aromatic rings. The molecule has 2 heterocycles. The number of hydrogen-bond acceptors (Lipinski definition) is 8. The summed E-state index contributed by atoms with van der Waals surface area (Å²) in [4.78, 5) is 38.9. The van der Waals surface area contributed by atoms with Crippen LogP contribution in [0, 0.1) is 5.82 Å². The summed E-state index contributed by atoms with van der Waals surface area (Å²) in [5.74, 6) is -1.12. The Morgan fingerprint density at radius 2 is 2.08 bits per heavy atom. The fraction of sp³-hybridized carbons (Fsp3) is 0.375. The maximum absolute atomic E-state index is 13.4. The Morgan fingerprint density at radius 1 is 1.28 bits per heavy atom. The van der Waals surface area contributed by atoms with Crippen molar-refractivity contribution in [1.82, 2.24) is 20.1 Å². The molecule has 0 spiro atoms. The number of halogens is 1. The van der Waals surface area contributed by atoms with Crippen LogP contribution in [0.25, 0.3) is 0 Å². The van der Waals surface area contributed by atoms with Crippen molar-refractivity contribution in [3.63, 3.8) is 0 Å². The Bertz CT molecular complexity index is 1310. The van der Waals surface area contributed by atoms with Gasteiger partial charge in [0.05, 0.1) is 24.0 Å². The number of carbonyl (C=O) groups is 3. The molecule has 1 aliphatic rings. The van der Waals surface area contributed by atoms with E-state index < -0.39 is 22.9 Å². The molecule has 9 nitrogen and oxygen atoms in total. The number of hydrogen-bond donors (Lipinski definition) is 2. The van der Waals surface area contributed by atoms with Gasteiger partial charge in [0.25, 0.3) is 5.91 Å². The predicted molar refractivity (Wildman–Crippen MR) is 135 cm³/mol. The van der Waals surface area contributed by atoms with Crippen LogP contribution in [0.3, 0.4) is 0 Å². The molecule has 0 aliphatic heterocycles. The Labute approximate surface area is 215 Å². The summed E-state index contributed by atoms with van der Waals surface area (Å²) in [5, 5.41) is 14.3. The zero-order chi connectivity index (χ0) is 25.8. The van der Waals surface area contributed by atoms with Gasteiger partial charge in [-0.1, -0.05) is 17.8 Å². The second-order valence-corrected chi connectivity index (χ2v) is 10.6. The number of aromatic nitrogens is 3. The first-order chi connectivity index (χ1) is 17.3. The van der Waals surface area contributed by atoms with Gasteiger partial charge in [-0.15, -0.1) is 21.5 Å². The van der Waals surface area contributed by atoms with Crippen LogP contribution in [0.2, 0.25) is 0 Å². The van der Waals surface area contributed by atoms with E-state index in [1.54, 1.807) is 25.5 Å². The number of anilines is 1. The highest BCUT2D eigenvalue weighted by molar-refractivity contribution is 8.00. The lowest BCUT2D eigenvalue weighted by molar-refractivity contribution is -0.115. The van der Waals surface area contributed by atoms with Crippen molar-refractivity contribution in [2.45, 2.75) is 50.1 Å². The van der Waals surface area contributed by atoms with Gasteiger partial charge in [0, 0.05) is 17.5 Å². The molecule has 0 saturated carbocycles. The van der Waals surface area contributed by atoms with Crippen molar-refractivity contribution < 1.29 is 23.5 Å². The standard InChI is InChI=1S/C24H26FN5O4S2/c1-4-34-23(33)19-16-9-6-10-17(16)36-22(19)27-20(31)13(2)35-24-29-28-18(30(24)3)12-26-21(32)14-7-5-8-15(25)11-14/h5,7-8,11,13H,4,6,9-10,12H2,1-3H3,(H,26,32)(H,27,31). The largest absolute Gasteiger partial charge is 0.462 e. The number of thioether (sulfide) groups is 1. The molecule has 0 bridgehead atoms. The number of ether oxygens (including phenoxy) is 1. The van der Waals surface area contributed by atoms with E-state index in [0.29, 0.717) is 21.5 Å². The summed E-state index contributed by atoms with van der Waals surface area (Å²) in [6, 6.07) is 5.41. The average molecular weight is 532 g/mol. The lowest BCUT2D eigenvalue weighted by atomic mass is 10.1. The molecule has 2 N–H and O–H groups in total. The van der Waals surface area contributed by atoms with Crippen LogP contribution in [-0.4, -0.2) is 44.4 Å². The molecule has 0 saturated heterocycles. The number of nitrogens with zero attached hydrogens (tertiary/aromatic N) is 3. The number of benzene rings is 1. The number of fused-ring (bicyclic) bond motifs is 1. The zero-order valence-corrected chi connectivity index (χ0v) is 21.7. The third-order valence-corrected chi connectivity index (χ3v) is 8.05. The molecule has 0 fully saturated rings. The van der Waals surface area contributed by atoms with E-state index in [4.69, 9.17) is 4.74 Å². The Kier molecular flexibility index (Phi) is 8.04. The van der Waals surface area contributed by atoms with Gasteiger partial charge < -0.3 is 19.9 Å². The number of amides is 2. The number of rotatable bonds is 9. The molecule has 190 valence electrons. The van der Waals surface area contributed by atoms with Crippen molar-refractivity contribution in [1.29, 1.82) is 0 Å². The molecule has 0 radical (unpaired) electrons. The maximum Gasteiger partial charge on any atom is 0.341 e. The van der Waals surface area contributed by atoms with Crippen molar-refractivity contribution >= 4 is 45.9 Å². The number of carbonyl (C=O) groups excluding carboxylic acids is 3. The first kappa shape index (κ1) is 25.8. The van der Waals surface area contributed by atoms with E-state index >= 15 is 0 Å². The SMILES string of the molecule is CCOC(=O)c1c(NC(=O)C(C)Sc2nnc(CNC(=O)c3cccc(F)c3)n2C)sc2c1CCC2. The molecule has 4 rings (SSSR count). The monoisotopic (exact) mass is 531 g/mol. The highest BCUT2D eigenvalue weighted by atomic mass is 32.2. The van der Waals surface area contributed by atoms with Gasteiger partial charge in [-0.05, 0) is 56.9 Å². The van der Waals surface area contributed by atoms with E-state index in [1.165, 1.54) is 41.3 Å². The van der Waals surface area contributed by atoms with Crippen molar-refractivity contribution in [2.24, 2.45) is 7.05 Å². The van der Waals surface area contributed by atoms with Crippen LogP contribution in [0.5, 0.6) is 0 Å². The summed E-state index contributed by atoms with van der Waals surface area (Å²) in [5.41, 5.74) is 1.65. The number of esters is 1. The minimum absolute atomic E-state index is 0.0869. The summed E-state index contributed by atoms with van der Waals surface area (Å²) in [7, 11) is 1.74. The smallest absolute Gasteiger partial charge is 0.341 e. The molecule has 12 heteroatoms. The minimum atomic E-state index is -0.533. The van der Waals surface area contributed by atoms with Gasteiger partial charge in [0.1, 0.15) is 10.8 Å². The van der Waals surface area contributed by atoms with Crippen LogP contribution in [-0.2, 0) is 36.0 Å². The van der Waals surface area contributed by atoms with Crippen LogP contribution in [0.1, 0.15) is 57.2 Å². The van der Waals surface area contributed by atoms with Crippen LogP contribution in [0.4, 0.5) is 9.39 Å². The molecule has 1 aromatic carbocycles. The number of aryl methyl sites for hydroxylation is 1. The summed E-state index contributed by atoms with van der Waals surface area (Å²) in [6.45, 7) is 3.85. The molecule has 1 aliphatic carbocycles. The lowest BCUT2D eigenvalue weighted by Gasteiger charge is -2.12. The molecule has 1 unspecified atom stereocenters. The Balaban J connectivity index is 1.38. The van der Waals surface area contributed by atoms with Crippen LogP contribution >= 0.6 is 23.1 Å². The highest BCUT2D eigenvalue weighted by Crippen LogP contribution is 2.40. The Morgan fingerprint density at radius 3 is 2.83 bits per heavy atom. The third-order valence-electron chi connectivity index (χ3n) is 5.71. The number of thiophene rings is 1. The van der Waals surface area contributed by atoms with E-state index in [9.17, 15) is 18.8 Å². The lowest BCUT2D eigenvalue weighted by Crippen LogP contribution is -2.25. The van der Waals surface area contributed by atoms with Gasteiger partial charge in [0.2, 0.25) is 5.91 Å². The fourth-order valence-corrected chi connectivity index (χ4v) is 5.94. The molecule has 36 heavy (non-hydrogen) atoms. The summed E-state index contributed by atoms with van der Waals surface area (Å²) in [6.07, 6.45) is 2.69. The van der Waals surface area contributed by atoms with E-state index in [-0.39, 0.29) is 24.6 Å². The van der Waals surface area contributed by atoms with Gasteiger partial charge in [-0.25, -0.2) is 9.18 Å². The van der Waals surface area contributed by atoms with Crippen LogP contribution in [0.15, 0.2) is 29.4 Å². The van der Waals surface area contributed by atoms with E-state index in [0.717, 1.165) is 35.8 Å². The topological polar surface area (TPSA) is 115 Å². The first-order valence-electron chi connectivity index (χ1n) is 11.5. The molecule has 1 atom stereocenters. The minimum Gasteiger partial charge on any atom is -0.462 e. The van der Waals surface area contributed by atoms with E-state index in [2.05, 4.69) is 20.8 Å². The van der Waals surface area contributed by atoms with Gasteiger partial charge in [-0.3, -0.25) is 9.59 Å². The van der Waals surface area contributed by atoms with E-state index in [1.807, 2.05) is 0 Å². The Hall–Kier alpha value is -3.25. The average Bonchev–Trinajstić information content (AvgIpc) is 3.53. The number of nitrogens with one attached hydrogen (secondary N) is 2. The first-order valence-corrected chi connectivity index (χ1v) is 13.2. The summed E-state index contributed by atoms with van der Waals surface area (Å²) < 4.78 is 20.3. The highest BCUT2D eigenvalue weighted by Gasteiger charge is 2.29. The second kappa shape index (κ2) is 11.2. The van der Waals surface area contributed by atoms with Gasteiger partial charge in [0.15, 0.2) is 11.0 Å². The normalized spacial score (nSPS) is 13.2. The predicted octanol–water partition coefficient (Wildman–Crippen LogP) is 3.73. The van der Waals surface area contributed by atoms with Crippen molar-refractivity contribution in [2.75, 3.05) is 11.9 Å². The third kappa shape index (κ3) is 5.59. The fourth-order valence-electron chi connectivity index (χ4n) is 3.83. The van der Waals surface area contributed by atoms with Crippen molar-refractivity contribution in [3.05, 3.63) is 57.5 Å². The van der Waals surface area contributed by atoms with Gasteiger partial charge >= 0.3 is 5.97 Å². The molecular formula is C24H26FN5O4S2. The van der Waals surface area contributed by atoms with Gasteiger partial charge in [-0.2, -0.15) is 0 Å². The second-order valence-electron chi connectivity index (χ2n) is 8.18. The zero-order valence-electron chi connectivity index (χ0n) is 20.1. The van der Waals surface area contributed by atoms with Crippen LogP contribution < -0.4 is 10.6 Å². The molecule has 2 aromatic heterocycles. The maximum atomic E-state index is 13.4. The summed E-state index contributed by atoms with van der Waals surface area (Å²) >= 11 is 2.64. The molecule has 2 amide bonds. The molecular weight excluding hydrogens is 505 g/mol. The quantitative estimate of drug-likeness (QED) is 0.319.